The first kappa shape index (κ1) is 15.6. The molecule has 0 spiro atoms. The SMILES string of the molecule is CCCc1ccc(CNCC2(N(C)C)CCCCC2)o1. The minimum Gasteiger partial charge on any atom is -0.465 e. The highest BCUT2D eigenvalue weighted by atomic mass is 16.3. The lowest BCUT2D eigenvalue weighted by atomic mass is 9.80. The van der Waals surface area contributed by atoms with Crippen molar-refractivity contribution < 1.29 is 4.42 Å². The third-order valence-electron chi connectivity index (χ3n) is 4.70. The fourth-order valence-electron chi connectivity index (χ4n) is 3.31. The topological polar surface area (TPSA) is 28.4 Å². The third-order valence-corrected chi connectivity index (χ3v) is 4.70. The van der Waals surface area contributed by atoms with Crippen molar-refractivity contribution in [2.45, 2.75) is 64.0 Å². The van der Waals surface area contributed by atoms with Crippen molar-refractivity contribution in [1.29, 1.82) is 0 Å². The van der Waals surface area contributed by atoms with Crippen molar-refractivity contribution in [3.63, 3.8) is 0 Å². The molecule has 1 fully saturated rings. The van der Waals surface area contributed by atoms with Gasteiger partial charge in [-0.1, -0.05) is 26.2 Å². The Bertz CT molecular complexity index is 391. The summed E-state index contributed by atoms with van der Waals surface area (Å²) in [5.74, 6) is 2.18. The third kappa shape index (κ3) is 3.86. The maximum absolute atomic E-state index is 5.83. The Morgan fingerprint density at radius 2 is 1.85 bits per heavy atom. The molecule has 1 heterocycles. The summed E-state index contributed by atoms with van der Waals surface area (Å²) in [6.07, 6.45) is 8.93. The van der Waals surface area contributed by atoms with Gasteiger partial charge in [0.25, 0.3) is 0 Å². The quantitative estimate of drug-likeness (QED) is 0.826. The van der Waals surface area contributed by atoms with Crippen molar-refractivity contribution >= 4 is 0 Å². The number of rotatable bonds is 7. The van der Waals surface area contributed by atoms with E-state index in [0.29, 0.717) is 5.54 Å². The molecule has 1 N–H and O–H groups in total. The van der Waals surface area contributed by atoms with E-state index in [0.717, 1.165) is 37.5 Å². The molecule has 0 radical (unpaired) electrons. The van der Waals surface area contributed by atoms with Gasteiger partial charge in [0.05, 0.1) is 6.54 Å². The predicted octanol–water partition coefficient (Wildman–Crippen LogP) is 3.59. The Morgan fingerprint density at radius 3 is 2.50 bits per heavy atom. The molecule has 1 aliphatic rings. The predicted molar refractivity (Wildman–Crippen MR) is 83.9 cm³/mol. The minimum absolute atomic E-state index is 0.344. The zero-order valence-electron chi connectivity index (χ0n) is 13.4. The number of hydrogen-bond donors (Lipinski definition) is 1. The first-order valence-electron chi connectivity index (χ1n) is 8.12. The van der Waals surface area contributed by atoms with Crippen LogP contribution in [-0.4, -0.2) is 31.1 Å². The molecule has 0 amide bonds. The summed E-state index contributed by atoms with van der Waals surface area (Å²) in [5.41, 5.74) is 0.344. The largest absolute Gasteiger partial charge is 0.465 e. The van der Waals surface area contributed by atoms with E-state index in [1.807, 2.05) is 0 Å². The number of likely N-dealkylation sites (N-methyl/N-ethyl adjacent to an activating group) is 1. The summed E-state index contributed by atoms with van der Waals surface area (Å²) in [6, 6.07) is 4.23. The number of furan rings is 1. The summed E-state index contributed by atoms with van der Waals surface area (Å²) >= 11 is 0. The van der Waals surface area contributed by atoms with E-state index < -0.39 is 0 Å². The van der Waals surface area contributed by atoms with Gasteiger partial charge in [0.1, 0.15) is 11.5 Å². The first-order valence-corrected chi connectivity index (χ1v) is 8.12. The smallest absolute Gasteiger partial charge is 0.117 e. The van der Waals surface area contributed by atoms with Gasteiger partial charge in [-0.25, -0.2) is 0 Å². The Labute approximate surface area is 123 Å². The highest BCUT2D eigenvalue weighted by molar-refractivity contribution is 5.07. The molecule has 2 rings (SSSR count). The maximum atomic E-state index is 5.83. The molecule has 3 heteroatoms. The Balaban J connectivity index is 1.83. The highest BCUT2D eigenvalue weighted by Gasteiger charge is 2.33. The molecule has 1 saturated carbocycles. The second-order valence-electron chi connectivity index (χ2n) is 6.40. The van der Waals surface area contributed by atoms with E-state index in [1.54, 1.807) is 0 Å². The van der Waals surface area contributed by atoms with E-state index in [2.05, 4.69) is 43.4 Å². The molecular formula is C17H30N2O. The van der Waals surface area contributed by atoms with E-state index in [-0.39, 0.29) is 0 Å². The molecule has 20 heavy (non-hydrogen) atoms. The molecule has 1 aliphatic carbocycles. The number of nitrogens with zero attached hydrogens (tertiary/aromatic N) is 1. The van der Waals surface area contributed by atoms with Crippen LogP contribution in [0, 0.1) is 0 Å². The average molecular weight is 278 g/mol. The lowest BCUT2D eigenvalue weighted by Crippen LogP contribution is -2.52. The van der Waals surface area contributed by atoms with Gasteiger partial charge in [-0.15, -0.1) is 0 Å². The van der Waals surface area contributed by atoms with Crippen LogP contribution < -0.4 is 5.32 Å². The number of nitrogens with one attached hydrogen (secondary N) is 1. The number of hydrogen-bond acceptors (Lipinski definition) is 3. The second-order valence-corrected chi connectivity index (χ2v) is 6.40. The van der Waals surface area contributed by atoms with Gasteiger partial charge in [0.2, 0.25) is 0 Å². The van der Waals surface area contributed by atoms with Gasteiger partial charge >= 0.3 is 0 Å². The summed E-state index contributed by atoms with van der Waals surface area (Å²) in [5, 5.41) is 3.61. The van der Waals surface area contributed by atoms with Crippen molar-refractivity contribution in [2.75, 3.05) is 20.6 Å². The lowest BCUT2D eigenvalue weighted by Gasteiger charge is -2.43. The number of aryl methyl sites for hydroxylation is 1. The zero-order chi connectivity index (χ0) is 14.4. The monoisotopic (exact) mass is 278 g/mol. The van der Waals surface area contributed by atoms with Crippen LogP contribution in [0.25, 0.3) is 0 Å². The molecular weight excluding hydrogens is 248 g/mol. The molecule has 0 aromatic carbocycles. The van der Waals surface area contributed by atoms with E-state index in [9.17, 15) is 0 Å². The van der Waals surface area contributed by atoms with Gasteiger partial charge in [-0.05, 0) is 45.5 Å². The average Bonchev–Trinajstić information content (AvgIpc) is 2.88. The van der Waals surface area contributed by atoms with Gasteiger partial charge in [-0.2, -0.15) is 0 Å². The molecule has 1 aromatic heterocycles. The van der Waals surface area contributed by atoms with Crippen molar-refractivity contribution in [1.82, 2.24) is 10.2 Å². The van der Waals surface area contributed by atoms with Crippen LogP contribution in [0.1, 0.15) is 57.0 Å². The van der Waals surface area contributed by atoms with E-state index >= 15 is 0 Å². The van der Waals surface area contributed by atoms with Crippen LogP contribution in [0.3, 0.4) is 0 Å². The van der Waals surface area contributed by atoms with Gasteiger partial charge in [0.15, 0.2) is 0 Å². The van der Waals surface area contributed by atoms with Crippen LogP contribution in [-0.2, 0) is 13.0 Å². The van der Waals surface area contributed by atoms with E-state index in [4.69, 9.17) is 4.42 Å². The summed E-state index contributed by atoms with van der Waals surface area (Å²) in [4.78, 5) is 2.42. The molecule has 114 valence electrons. The standard InChI is InChI=1S/C17H30N2O/c1-4-8-15-9-10-16(20-15)13-18-14-17(19(2)3)11-6-5-7-12-17/h9-10,18H,4-8,11-14H2,1-3H3. The molecule has 3 nitrogen and oxygen atoms in total. The molecule has 0 aliphatic heterocycles. The van der Waals surface area contributed by atoms with Crippen molar-refractivity contribution in [3.05, 3.63) is 23.7 Å². The molecule has 1 aromatic rings. The summed E-state index contributed by atoms with van der Waals surface area (Å²) in [6.45, 7) is 4.09. The van der Waals surface area contributed by atoms with Crippen LogP contribution in [0.5, 0.6) is 0 Å². The zero-order valence-corrected chi connectivity index (χ0v) is 13.4. The van der Waals surface area contributed by atoms with Gasteiger partial charge in [-0.3, -0.25) is 0 Å². The van der Waals surface area contributed by atoms with Crippen LogP contribution in [0.2, 0.25) is 0 Å². The Kier molecular flexibility index (Phi) is 5.67. The summed E-state index contributed by atoms with van der Waals surface area (Å²) < 4.78 is 5.83. The highest BCUT2D eigenvalue weighted by Crippen LogP contribution is 2.31. The van der Waals surface area contributed by atoms with Crippen molar-refractivity contribution in [3.8, 4) is 0 Å². The molecule has 0 unspecified atom stereocenters. The fourth-order valence-corrected chi connectivity index (χ4v) is 3.31. The molecule has 0 saturated heterocycles. The van der Waals surface area contributed by atoms with Crippen molar-refractivity contribution in [2.24, 2.45) is 0 Å². The minimum atomic E-state index is 0.344. The Hall–Kier alpha value is -0.800. The van der Waals surface area contributed by atoms with Gasteiger partial charge < -0.3 is 14.6 Å². The first-order chi connectivity index (χ1) is 9.66. The van der Waals surface area contributed by atoms with E-state index in [1.165, 1.54) is 32.1 Å². The molecule has 0 bridgehead atoms. The van der Waals surface area contributed by atoms with Crippen LogP contribution in [0.15, 0.2) is 16.5 Å². The lowest BCUT2D eigenvalue weighted by molar-refractivity contribution is 0.0978. The van der Waals surface area contributed by atoms with Gasteiger partial charge in [0, 0.05) is 18.5 Å². The maximum Gasteiger partial charge on any atom is 0.117 e. The summed E-state index contributed by atoms with van der Waals surface area (Å²) in [7, 11) is 4.44. The van der Waals surface area contributed by atoms with Crippen LogP contribution >= 0.6 is 0 Å². The second kappa shape index (κ2) is 7.28. The Morgan fingerprint density at radius 1 is 1.15 bits per heavy atom. The van der Waals surface area contributed by atoms with Crippen LogP contribution in [0.4, 0.5) is 0 Å². The normalized spacial score (nSPS) is 18.6. The fraction of sp³-hybridized carbons (Fsp3) is 0.765. The molecule has 0 atom stereocenters.